The van der Waals surface area contributed by atoms with E-state index in [1.807, 2.05) is 13.8 Å². The standard InChI is InChI=1S/C8H16N2O2/c1-8(2,9)3-7(12)10-4-6(11)5-10/h6,11H,3-5,9H2,1-2H3. The number of hydrogen-bond acceptors (Lipinski definition) is 3. The lowest BCUT2D eigenvalue weighted by atomic mass is 10.00. The van der Waals surface area contributed by atoms with Crippen molar-refractivity contribution in [3.05, 3.63) is 0 Å². The van der Waals surface area contributed by atoms with Gasteiger partial charge in [0.05, 0.1) is 6.10 Å². The molecule has 0 atom stereocenters. The summed E-state index contributed by atoms with van der Waals surface area (Å²) >= 11 is 0. The third-order valence-corrected chi connectivity index (χ3v) is 1.82. The van der Waals surface area contributed by atoms with Crippen LogP contribution < -0.4 is 5.73 Å². The number of nitrogens with two attached hydrogens (primary N) is 1. The van der Waals surface area contributed by atoms with Crippen LogP contribution in [0.5, 0.6) is 0 Å². The molecule has 1 amide bonds. The molecule has 1 rings (SSSR count). The van der Waals surface area contributed by atoms with Crippen LogP contribution in [0, 0.1) is 0 Å². The van der Waals surface area contributed by atoms with Crippen molar-refractivity contribution < 1.29 is 9.90 Å². The maximum Gasteiger partial charge on any atom is 0.224 e. The van der Waals surface area contributed by atoms with Crippen molar-refractivity contribution in [2.45, 2.75) is 31.9 Å². The SMILES string of the molecule is CC(C)(N)CC(=O)N1CC(O)C1. The van der Waals surface area contributed by atoms with Crippen molar-refractivity contribution in [1.82, 2.24) is 4.90 Å². The van der Waals surface area contributed by atoms with Crippen LogP contribution in [0.1, 0.15) is 20.3 Å². The topological polar surface area (TPSA) is 66.6 Å². The number of aliphatic hydroxyl groups excluding tert-OH is 1. The molecule has 4 nitrogen and oxygen atoms in total. The molecule has 1 heterocycles. The Morgan fingerprint density at radius 3 is 2.50 bits per heavy atom. The number of likely N-dealkylation sites (tertiary alicyclic amines) is 1. The largest absolute Gasteiger partial charge is 0.389 e. The number of aliphatic hydroxyl groups is 1. The van der Waals surface area contributed by atoms with Gasteiger partial charge < -0.3 is 15.7 Å². The van der Waals surface area contributed by atoms with E-state index in [0.717, 1.165) is 0 Å². The van der Waals surface area contributed by atoms with E-state index in [1.165, 1.54) is 0 Å². The molecule has 0 radical (unpaired) electrons. The Balaban J connectivity index is 2.30. The monoisotopic (exact) mass is 172 g/mol. The van der Waals surface area contributed by atoms with Gasteiger partial charge in [0.2, 0.25) is 5.91 Å². The van der Waals surface area contributed by atoms with Gasteiger partial charge in [-0.1, -0.05) is 0 Å². The summed E-state index contributed by atoms with van der Waals surface area (Å²) in [6.07, 6.45) is 0.0227. The van der Waals surface area contributed by atoms with Crippen LogP contribution in [0.3, 0.4) is 0 Å². The lowest BCUT2D eigenvalue weighted by Gasteiger charge is -2.37. The van der Waals surface area contributed by atoms with Crippen molar-refractivity contribution in [3.8, 4) is 0 Å². The van der Waals surface area contributed by atoms with E-state index in [4.69, 9.17) is 10.8 Å². The summed E-state index contributed by atoms with van der Waals surface area (Å²) in [6.45, 7) is 4.58. The van der Waals surface area contributed by atoms with Crippen molar-refractivity contribution in [3.63, 3.8) is 0 Å². The number of rotatable bonds is 2. The second kappa shape index (κ2) is 3.03. The first-order valence-electron chi connectivity index (χ1n) is 4.13. The molecule has 12 heavy (non-hydrogen) atoms. The van der Waals surface area contributed by atoms with Gasteiger partial charge >= 0.3 is 0 Å². The molecule has 0 aromatic rings. The van der Waals surface area contributed by atoms with E-state index < -0.39 is 5.54 Å². The van der Waals surface area contributed by atoms with E-state index in [1.54, 1.807) is 4.90 Å². The fraction of sp³-hybridized carbons (Fsp3) is 0.875. The van der Waals surface area contributed by atoms with Crippen LogP contribution in [-0.2, 0) is 4.79 Å². The zero-order valence-corrected chi connectivity index (χ0v) is 7.58. The molecule has 1 fully saturated rings. The summed E-state index contributed by atoms with van der Waals surface area (Å²) in [5.41, 5.74) is 5.23. The second-order valence-electron chi connectivity index (χ2n) is 4.12. The van der Waals surface area contributed by atoms with Gasteiger partial charge in [-0.3, -0.25) is 4.79 Å². The minimum absolute atomic E-state index is 0.0350. The summed E-state index contributed by atoms with van der Waals surface area (Å²) in [5, 5.41) is 8.94. The average molecular weight is 172 g/mol. The normalized spacial score (nSPS) is 19.2. The van der Waals surface area contributed by atoms with Gasteiger partial charge in [-0.25, -0.2) is 0 Å². The zero-order valence-electron chi connectivity index (χ0n) is 7.58. The van der Waals surface area contributed by atoms with E-state index in [2.05, 4.69) is 0 Å². The van der Waals surface area contributed by atoms with E-state index in [9.17, 15) is 4.79 Å². The number of carbonyl (C=O) groups excluding carboxylic acids is 1. The maximum absolute atomic E-state index is 11.3. The predicted octanol–water partition coefficient (Wildman–Crippen LogP) is -0.683. The Hall–Kier alpha value is -0.610. The third kappa shape index (κ3) is 2.46. The smallest absolute Gasteiger partial charge is 0.224 e. The van der Waals surface area contributed by atoms with Gasteiger partial charge in [0.15, 0.2) is 0 Å². The fourth-order valence-corrected chi connectivity index (χ4v) is 1.16. The Morgan fingerprint density at radius 2 is 2.17 bits per heavy atom. The first-order valence-corrected chi connectivity index (χ1v) is 4.13. The molecule has 1 aliphatic rings. The molecule has 70 valence electrons. The third-order valence-electron chi connectivity index (χ3n) is 1.82. The summed E-state index contributed by atoms with van der Waals surface area (Å²) in [7, 11) is 0. The Labute approximate surface area is 72.3 Å². The van der Waals surface area contributed by atoms with Crippen LogP contribution in [-0.4, -0.2) is 40.6 Å². The van der Waals surface area contributed by atoms with Gasteiger partial charge in [-0.05, 0) is 13.8 Å². The number of carbonyl (C=O) groups is 1. The highest BCUT2D eigenvalue weighted by Crippen LogP contribution is 2.13. The quantitative estimate of drug-likeness (QED) is 0.580. The molecular weight excluding hydrogens is 156 g/mol. The molecule has 0 saturated carbocycles. The predicted molar refractivity (Wildman–Crippen MR) is 45.5 cm³/mol. The summed E-state index contributed by atoms with van der Waals surface area (Å²) < 4.78 is 0. The molecule has 0 spiro atoms. The molecule has 0 unspecified atom stereocenters. The van der Waals surface area contributed by atoms with Gasteiger partial charge in [0.1, 0.15) is 0 Å². The van der Waals surface area contributed by atoms with Crippen molar-refractivity contribution >= 4 is 5.91 Å². The summed E-state index contributed by atoms with van der Waals surface area (Å²) in [4.78, 5) is 12.9. The Morgan fingerprint density at radius 1 is 1.67 bits per heavy atom. The molecule has 0 aromatic carbocycles. The van der Waals surface area contributed by atoms with Crippen LogP contribution >= 0.6 is 0 Å². The highest BCUT2D eigenvalue weighted by Gasteiger charge is 2.30. The lowest BCUT2D eigenvalue weighted by molar-refractivity contribution is -0.142. The molecule has 0 bridgehead atoms. The van der Waals surface area contributed by atoms with E-state index in [0.29, 0.717) is 19.5 Å². The Kier molecular flexibility index (Phi) is 2.39. The zero-order chi connectivity index (χ0) is 9.35. The minimum atomic E-state index is -0.447. The number of β-amino-alcohol motifs (C(OH)–C–C–N with tert-alkyl or cyclic N) is 1. The minimum Gasteiger partial charge on any atom is -0.389 e. The maximum atomic E-state index is 11.3. The van der Waals surface area contributed by atoms with Gasteiger partial charge in [0.25, 0.3) is 0 Å². The van der Waals surface area contributed by atoms with Gasteiger partial charge in [-0.15, -0.1) is 0 Å². The van der Waals surface area contributed by atoms with Gasteiger partial charge in [0, 0.05) is 25.0 Å². The number of hydrogen-bond donors (Lipinski definition) is 2. The number of nitrogens with zero attached hydrogens (tertiary/aromatic N) is 1. The molecule has 0 aromatic heterocycles. The first-order chi connectivity index (χ1) is 5.38. The fourth-order valence-electron chi connectivity index (χ4n) is 1.16. The number of amides is 1. The Bertz CT molecular complexity index is 180. The molecule has 1 saturated heterocycles. The van der Waals surface area contributed by atoms with Gasteiger partial charge in [-0.2, -0.15) is 0 Å². The summed E-state index contributed by atoms with van der Waals surface area (Å²) in [6, 6.07) is 0. The van der Waals surface area contributed by atoms with Crippen LogP contribution in [0.15, 0.2) is 0 Å². The summed E-state index contributed by atoms with van der Waals surface area (Å²) in [5.74, 6) is 0.0350. The molecule has 1 aliphatic heterocycles. The molecule has 4 heteroatoms. The highest BCUT2D eigenvalue weighted by atomic mass is 16.3. The van der Waals surface area contributed by atoms with Crippen molar-refractivity contribution in [1.29, 1.82) is 0 Å². The first kappa shape index (κ1) is 9.48. The van der Waals surface area contributed by atoms with Crippen molar-refractivity contribution in [2.75, 3.05) is 13.1 Å². The van der Waals surface area contributed by atoms with Crippen LogP contribution in [0.25, 0.3) is 0 Å². The van der Waals surface area contributed by atoms with E-state index in [-0.39, 0.29) is 12.0 Å². The van der Waals surface area contributed by atoms with E-state index >= 15 is 0 Å². The molecular formula is C8H16N2O2. The van der Waals surface area contributed by atoms with Crippen LogP contribution in [0.2, 0.25) is 0 Å². The highest BCUT2D eigenvalue weighted by molar-refractivity contribution is 5.78. The average Bonchev–Trinajstić information content (AvgIpc) is 1.76. The molecule has 3 N–H and O–H groups in total. The molecule has 0 aliphatic carbocycles. The van der Waals surface area contributed by atoms with Crippen molar-refractivity contribution in [2.24, 2.45) is 5.73 Å². The van der Waals surface area contributed by atoms with Crippen LogP contribution in [0.4, 0.5) is 0 Å². The lowest BCUT2D eigenvalue weighted by Crippen LogP contribution is -2.55. The second-order valence-corrected chi connectivity index (χ2v) is 4.12.